The summed E-state index contributed by atoms with van der Waals surface area (Å²) in [5.74, 6) is 0.474. The number of anilines is 1. The minimum Gasteiger partial charge on any atom is -0.367 e. The summed E-state index contributed by atoms with van der Waals surface area (Å²) in [5.41, 5.74) is 1.12. The number of hydrogen-bond donors (Lipinski definition) is 1. The van der Waals surface area contributed by atoms with Crippen molar-refractivity contribution in [2.75, 3.05) is 24.5 Å². The van der Waals surface area contributed by atoms with Gasteiger partial charge in [-0.05, 0) is 43.7 Å². The van der Waals surface area contributed by atoms with E-state index in [0.717, 1.165) is 25.3 Å². The van der Waals surface area contributed by atoms with Crippen molar-refractivity contribution in [2.24, 2.45) is 5.92 Å². The molecule has 1 aromatic carbocycles. The normalized spacial score (nSPS) is 24.7. The number of likely N-dealkylation sites (N-methyl/N-ethyl adjacent to an activating group) is 1. The molecule has 0 spiro atoms. The lowest BCUT2D eigenvalue weighted by Crippen LogP contribution is -2.40. The standard InChI is InChI=1S/C13H19FN2/c1-3-16(13-9-15-8-10(13)2)12-6-4-11(14)5-7-12/h4-7,10,13,15H,3,8-9H2,1-2H3. The van der Waals surface area contributed by atoms with E-state index in [0.29, 0.717) is 12.0 Å². The largest absolute Gasteiger partial charge is 0.367 e. The van der Waals surface area contributed by atoms with Gasteiger partial charge >= 0.3 is 0 Å². The van der Waals surface area contributed by atoms with Crippen molar-refractivity contribution in [3.8, 4) is 0 Å². The molecule has 1 N–H and O–H groups in total. The van der Waals surface area contributed by atoms with Crippen molar-refractivity contribution >= 4 is 5.69 Å². The first-order valence-corrected chi connectivity index (χ1v) is 5.95. The Hall–Kier alpha value is -1.09. The molecule has 1 aliphatic heterocycles. The van der Waals surface area contributed by atoms with Gasteiger partial charge in [0.2, 0.25) is 0 Å². The Bertz CT molecular complexity index is 336. The summed E-state index contributed by atoms with van der Waals surface area (Å²) in [6, 6.07) is 7.32. The first-order valence-electron chi connectivity index (χ1n) is 5.95. The Kier molecular flexibility index (Phi) is 3.44. The highest BCUT2D eigenvalue weighted by molar-refractivity contribution is 5.47. The van der Waals surface area contributed by atoms with Crippen LogP contribution in [0, 0.1) is 11.7 Å². The van der Waals surface area contributed by atoms with Gasteiger partial charge in [0.1, 0.15) is 5.82 Å². The lowest BCUT2D eigenvalue weighted by Gasteiger charge is -2.32. The highest BCUT2D eigenvalue weighted by Crippen LogP contribution is 2.23. The first-order chi connectivity index (χ1) is 7.72. The molecule has 2 atom stereocenters. The summed E-state index contributed by atoms with van der Waals surface area (Å²) in [4.78, 5) is 2.35. The highest BCUT2D eigenvalue weighted by Gasteiger charge is 2.28. The molecule has 1 aromatic rings. The van der Waals surface area contributed by atoms with E-state index in [1.165, 1.54) is 12.1 Å². The second-order valence-corrected chi connectivity index (χ2v) is 4.47. The SMILES string of the molecule is CCN(c1ccc(F)cc1)C1CNCC1C. The summed E-state index contributed by atoms with van der Waals surface area (Å²) < 4.78 is 12.9. The molecule has 16 heavy (non-hydrogen) atoms. The van der Waals surface area contributed by atoms with Gasteiger partial charge in [0.05, 0.1) is 0 Å². The van der Waals surface area contributed by atoms with Crippen LogP contribution in [-0.4, -0.2) is 25.7 Å². The van der Waals surface area contributed by atoms with Gasteiger partial charge in [0.15, 0.2) is 0 Å². The van der Waals surface area contributed by atoms with Crippen LogP contribution < -0.4 is 10.2 Å². The van der Waals surface area contributed by atoms with Crippen LogP contribution in [0.1, 0.15) is 13.8 Å². The smallest absolute Gasteiger partial charge is 0.123 e. The Balaban J connectivity index is 2.18. The lowest BCUT2D eigenvalue weighted by molar-refractivity contribution is 0.521. The summed E-state index contributed by atoms with van der Waals surface area (Å²) in [6.45, 7) is 7.46. The third-order valence-electron chi connectivity index (χ3n) is 3.38. The van der Waals surface area contributed by atoms with Crippen molar-refractivity contribution in [1.29, 1.82) is 0 Å². The molecule has 0 aliphatic carbocycles. The maximum absolute atomic E-state index is 12.9. The number of halogens is 1. The van der Waals surface area contributed by atoms with Gasteiger partial charge in [-0.15, -0.1) is 0 Å². The van der Waals surface area contributed by atoms with E-state index in [1.54, 1.807) is 0 Å². The molecule has 1 fully saturated rings. The summed E-state index contributed by atoms with van der Waals surface area (Å²) in [6.07, 6.45) is 0. The second kappa shape index (κ2) is 4.83. The molecule has 0 amide bonds. The first kappa shape index (κ1) is 11.4. The molecule has 1 saturated heterocycles. The van der Waals surface area contributed by atoms with Gasteiger partial charge in [0, 0.05) is 24.8 Å². The molecule has 0 aromatic heterocycles. The summed E-state index contributed by atoms with van der Waals surface area (Å²) >= 11 is 0. The van der Waals surface area contributed by atoms with E-state index in [9.17, 15) is 4.39 Å². The molecule has 1 heterocycles. The minimum atomic E-state index is -0.169. The maximum atomic E-state index is 12.9. The number of hydrogen-bond acceptors (Lipinski definition) is 2. The molecular weight excluding hydrogens is 203 g/mol. The fourth-order valence-electron chi connectivity index (χ4n) is 2.45. The molecular formula is C13H19FN2. The fraction of sp³-hybridized carbons (Fsp3) is 0.538. The van der Waals surface area contributed by atoms with Gasteiger partial charge in [-0.1, -0.05) is 6.92 Å². The van der Waals surface area contributed by atoms with E-state index in [-0.39, 0.29) is 5.82 Å². The number of nitrogens with zero attached hydrogens (tertiary/aromatic N) is 1. The van der Waals surface area contributed by atoms with Gasteiger partial charge in [-0.3, -0.25) is 0 Å². The molecule has 2 rings (SSSR count). The second-order valence-electron chi connectivity index (χ2n) is 4.47. The summed E-state index contributed by atoms with van der Waals surface area (Å²) in [7, 11) is 0. The fourth-order valence-corrected chi connectivity index (χ4v) is 2.45. The van der Waals surface area contributed by atoms with Crippen LogP contribution in [0.25, 0.3) is 0 Å². The van der Waals surface area contributed by atoms with Crippen LogP contribution in [0.4, 0.5) is 10.1 Å². The molecule has 0 radical (unpaired) electrons. The molecule has 3 heteroatoms. The van der Waals surface area contributed by atoms with E-state index in [2.05, 4.69) is 24.1 Å². The van der Waals surface area contributed by atoms with Gasteiger partial charge in [-0.25, -0.2) is 4.39 Å². The Morgan fingerprint density at radius 2 is 2.00 bits per heavy atom. The van der Waals surface area contributed by atoms with Crippen LogP contribution >= 0.6 is 0 Å². The molecule has 1 aliphatic rings. The average Bonchev–Trinajstić information content (AvgIpc) is 2.69. The molecule has 2 nitrogen and oxygen atoms in total. The van der Waals surface area contributed by atoms with Gasteiger partial charge < -0.3 is 10.2 Å². The molecule has 0 bridgehead atoms. The Morgan fingerprint density at radius 3 is 2.50 bits per heavy atom. The van der Waals surface area contributed by atoms with Crippen molar-refractivity contribution < 1.29 is 4.39 Å². The van der Waals surface area contributed by atoms with Crippen molar-refractivity contribution in [3.63, 3.8) is 0 Å². The van der Waals surface area contributed by atoms with Gasteiger partial charge in [0.25, 0.3) is 0 Å². The maximum Gasteiger partial charge on any atom is 0.123 e. The predicted octanol–water partition coefficient (Wildman–Crippen LogP) is 2.26. The highest BCUT2D eigenvalue weighted by atomic mass is 19.1. The molecule has 2 unspecified atom stereocenters. The van der Waals surface area contributed by atoms with Crippen molar-refractivity contribution in [3.05, 3.63) is 30.1 Å². The Morgan fingerprint density at radius 1 is 1.31 bits per heavy atom. The third kappa shape index (κ3) is 2.19. The zero-order valence-electron chi connectivity index (χ0n) is 9.91. The van der Waals surface area contributed by atoms with Crippen molar-refractivity contribution in [2.45, 2.75) is 19.9 Å². The van der Waals surface area contributed by atoms with Crippen LogP contribution in [0.2, 0.25) is 0 Å². The minimum absolute atomic E-state index is 0.169. The lowest BCUT2D eigenvalue weighted by atomic mass is 10.0. The number of nitrogens with one attached hydrogen (secondary N) is 1. The zero-order valence-corrected chi connectivity index (χ0v) is 9.91. The molecule has 88 valence electrons. The number of rotatable bonds is 3. The third-order valence-corrected chi connectivity index (χ3v) is 3.38. The van der Waals surface area contributed by atoms with Crippen LogP contribution in [0.15, 0.2) is 24.3 Å². The topological polar surface area (TPSA) is 15.3 Å². The van der Waals surface area contributed by atoms with E-state index >= 15 is 0 Å². The predicted molar refractivity (Wildman–Crippen MR) is 65.2 cm³/mol. The Labute approximate surface area is 96.5 Å². The van der Waals surface area contributed by atoms with E-state index in [4.69, 9.17) is 0 Å². The van der Waals surface area contributed by atoms with E-state index in [1.807, 2.05) is 12.1 Å². The van der Waals surface area contributed by atoms with Crippen molar-refractivity contribution in [1.82, 2.24) is 5.32 Å². The zero-order chi connectivity index (χ0) is 11.5. The van der Waals surface area contributed by atoms with E-state index < -0.39 is 0 Å². The molecule has 0 saturated carbocycles. The van der Waals surface area contributed by atoms with Crippen LogP contribution in [-0.2, 0) is 0 Å². The van der Waals surface area contributed by atoms with Crippen LogP contribution in [0.5, 0.6) is 0 Å². The van der Waals surface area contributed by atoms with Crippen LogP contribution in [0.3, 0.4) is 0 Å². The monoisotopic (exact) mass is 222 g/mol. The summed E-state index contributed by atoms with van der Waals surface area (Å²) in [5, 5.41) is 3.40. The quantitative estimate of drug-likeness (QED) is 0.844. The average molecular weight is 222 g/mol. The van der Waals surface area contributed by atoms with Gasteiger partial charge in [-0.2, -0.15) is 0 Å². The number of benzene rings is 1.